The van der Waals surface area contributed by atoms with Gasteiger partial charge >= 0.3 is 0 Å². The quantitative estimate of drug-likeness (QED) is 0.595. The molecule has 0 unspecified atom stereocenters. The van der Waals surface area contributed by atoms with Gasteiger partial charge in [-0.15, -0.1) is 0 Å². The summed E-state index contributed by atoms with van der Waals surface area (Å²) in [5, 5.41) is 8.42. The fourth-order valence-corrected chi connectivity index (χ4v) is 1.54. The molecule has 2 aromatic rings. The lowest BCUT2D eigenvalue weighted by atomic mass is 9.96. The van der Waals surface area contributed by atoms with E-state index < -0.39 is 0 Å². The minimum Gasteiger partial charge on any atom is -0.378 e. The summed E-state index contributed by atoms with van der Waals surface area (Å²) in [5.41, 5.74) is 4.12. The van der Waals surface area contributed by atoms with Crippen LogP contribution in [-0.4, -0.2) is 21.9 Å². The van der Waals surface area contributed by atoms with Crippen molar-refractivity contribution in [3.8, 4) is 0 Å². The van der Waals surface area contributed by atoms with Crippen LogP contribution >= 0.6 is 0 Å². The minimum absolute atomic E-state index is 0.862. The van der Waals surface area contributed by atoms with E-state index in [0.29, 0.717) is 0 Å². The molecule has 0 aliphatic carbocycles. The monoisotopic (exact) mass is 237 g/mol. The number of hydrogen-bond donors (Lipinski definition) is 0. The standard InChI is InChI=1S/C14H16BN3/c1-18(2)14-9-7-13(8-10-14)17-16-12-5-3-11(15)4-6-12/h3-10H,15H2,1-2H3/b17-16+. The van der Waals surface area contributed by atoms with Gasteiger partial charge in [0.25, 0.3) is 0 Å². The Hall–Kier alpha value is -2.10. The summed E-state index contributed by atoms with van der Waals surface area (Å²) in [5.74, 6) is 0. The second-order valence-corrected chi connectivity index (χ2v) is 4.45. The summed E-state index contributed by atoms with van der Waals surface area (Å²) in [7, 11) is 6.09. The molecule has 2 rings (SSSR count). The van der Waals surface area contributed by atoms with Crippen LogP contribution in [0.3, 0.4) is 0 Å². The van der Waals surface area contributed by atoms with Crippen molar-refractivity contribution in [1.29, 1.82) is 0 Å². The first-order chi connectivity index (χ1) is 8.65. The maximum Gasteiger partial charge on any atom is 0.139 e. The van der Waals surface area contributed by atoms with E-state index in [1.807, 2.05) is 62.6 Å². The molecule has 0 fully saturated rings. The van der Waals surface area contributed by atoms with Gasteiger partial charge < -0.3 is 4.90 Å². The largest absolute Gasteiger partial charge is 0.378 e. The van der Waals surface area contributed by atoms with Crippen molar-refractivity contribution in [2.45, 2.75) is 0 Å². The zero-order chi connectivity index (χ0) is 13.0. The highest BCUT2D eigenvalue weighted by Gasteiger charge is 1.95. The topological polar surface area (TPSA) is 28.0 Å². The molecule has 0 saturated carbocycles. The Morgan fingerprint density at radius 1 is 0.778 bits per heavy atom. The predicted octanol–water partition coefficient (Wildman–Crippen LogP) is 2.43. The van der Waals surface area contributed by atoms with Crippen molar-refractivity contribution in [2.75, 3.05) is 19.0 Å². The lowest BCUT2D eigenvalue weighted by Crippen LogP contribution is -2.07. The molecule has 0 saturated heterocycles. The van der Waals surface area contributed by atoms with Crippen LogP contribution in [0.2, 0.25) is 0 Å². The fourth-order valence-electron chi connectivity index (χ4n) is 1.54. The number of benzene rings is 2. The van der Waals surface area contributed by atoms with E-state index in [-0.39, 0.29) is 0 Å². The van der Waals surface area contributed by atoms with Gasteiger partial charge in [0.1, 0.15) is 7.85 Å². The average molecular weight is 237 g/mol. The highest BCUT2D eigenvalue weighted by atomic mass is 15.1. The summed E-state index contributed by atoms with van der Waals surface area (Å²) in [4.78, 5) is 2.06. The molecule has 3 nitrogen and oxygen atoms in total. The molecule has 90 valence electrons. The van der Waals surface area contributed by atoms with Crippen LogP contribution in [0.1, 0.15) is 0 Å². The van der Waals surface area contributed by atoms with Crippen molar-refractivity contribution >= 4 is 30.4 Å². The Morgan fingerprint density at radius 3 is 1.67 bits per heavy atom. The maximum absolute atomic E-state index is 4.21. The van der Waals surface area contributed by atoms with Crippen molar-refractivity contribution < 1.29 is 0 Å². The predicted molar refractivity (Wildman–Crippen MR) is 79.6 cm³/mol. The van der Waals surface area contributed by atoms with Crippen molar-refractivity contribution in [2.24, 2.45) is 10.2 Å². The Bertz CT molecular complexity index is 530. The van der Waals surface area contributed by atoms with E-state index in [4.69, 9.17) is 0 Å². The lowest BCUT2D eigenvalue weighted by molar-refractivity contribution is 1.13. The first-order valence-corrected chi connectivity index (χ1v) is 5.91. The normalized spacial score (nSPS) is 10.8. The highest BCUT2D eigenvalue weighted by molar-refractivity contribution is 6.32. The second-order valence-electron chi connectivity index (χ2n) is 4.45. The van der Waals surface area contributed by atoms with Crippen molar-refractivity contribution in [3.05, 3.63) is 48.5 Å². The van der Waals surface area contributed by atoms with Gasteiger partial charge in [-0.05, 0) is 36.4 Å². The van der Waals surface area contributed by atoms with Crippen LogP contribution in [0.5, 0.6) is 0 Å². The molecule has 2 aromatic carbocycles. The third-order valence-corrected chi connectivity index (χ3v) is 2.68. The first kappa shape index (κ1) is 12.4. The van der Waals surface area contributed by atoms with Crippen LogP contribution < -0.4 is 10.4 Å². The van der Waals surface area contributed by atoms with E-state index in [0.717, 1.165) is 17.1 Å². The lowest BCUT2D eigenvalue weighted by Gasteiger charge is -2.11. The van der Waals surface area contributed by atoms with Gasteiger partial charge in [-0.25, -0.2) is 0 Å². The Kier molecular flexibility index (Phi) is 3.77. The maximum atomic E-state index is 4.21. The van der Waals surface area contributed by atoms with Crippen molar-refractivity contribution in [3.63, 3.8) is 0 Å². The molecule has 18 heavy (non-hydrogen) atoms. The zero-order valence-electron chi connectivity index (χ0n) is 11.0. The molecule has 0 heterocycles. The minimum atomic E-state index is 0.862. The van der Waals surface area contributed by atoms with Gasteiger partial charge in [-0.1, -0.05) is 17.6 Å². The fraction of sp³-hybridized carbons (Fsp3) is 0.143. The van der Waals surface area contributed by atoms with E-state index in [9.17, 15) is 0 Å². The van der Waals surface area contributed by atoms with Gasteiger partial charge in [0.2, 0.25) is 0 Å². The number of anilines is 1. The molecule has 0 aliphatic rings. The zero-order valence-corrected chi connectivity index (χ0v) is 11.0. The Labute approximate surface area is 109 Å². The van der Waals surface area contributed by atoms with E-state index >= 15 is 0 Å². The number of rotatable bonds is 3. The smallest absolute Gasteiger partial charge is 0.139 e. The van der Waals surface area contributed by atoms with Gasteiger partial charge in [-0.2, -0.15) is 10.2 Å². The summed E-state index contributed by atoms with van der Waals surface area (Å²) >= 11 is 0. The van der Waals surface area contributed by atoms with Crippen LogP contribution in [-0.2, 0) is 0 Å². The summed E-state index contributed by atoms with van der Waals surface area (Å²) in [6, 6.07) is 16.0. The molecule has 0 spiro atoms. The van der Waals surface area contributed by atoms with Crippen LogP contribution in [0.15, 0.2) is 58.8 Å². The molecule has 4 heteroatoms. The van der Waals surface area contributed by atoms with E-state index in [1.165, 1.54) is 5.46 Å². The third-order valence-electron chi connectivity index (χ3n) is 2.68. The summed E-state index contributed by atoms with van der Waals surface area (Å²) in [6.07, 6.45) is 0. The molecule has 0 atom stereocenters. The van der Waals surface area contributed by atoms with Gasteiger partial charge in [-0.3, -0.25) is 0 Å². The summed E-state index contributed by atoms with van der Waals surface area (Å²) in [6.45, 7) is 0. The molecule has 0 N–H and O–H groups in total. The highest BCUT2D eigenvalue weighted by Crippen LogP contribution is 2.20. The van der Waals surface area contributed by atoms with Gasteiger partial charge in [0.05, 0.1) is 11.4 Å². The number of nitrogens with zero attached hydrogens (tertiary/aromatic N) is 3. The molecule has 0 amide bonds. The summed E-state index contributed by atoms with van der Waals surface area (Å²) < 4.78 is 0. The molecule has 0 aliphatic heterocycles. The van der Waals surface area contributed by atoms with Crippen LogP contribution in [0.4, 0.5) is 17.1 Å². The molecule has 0 bridgehead atoms. The number of azo groups is 1. The Balaban J connectivity index is 2.11. The number of hydrogen-bond acceptors (Lipinski definition) is 3. The average Bonchev–Trinajstić information content (AvgIpc) is 2.38. The van der Waals surface area contributed by atoms with E-state index in [1.54, 1.807) is 0 Å². The SMILES string of the molecule is Bc1ccc(/N=N/c2ccc(N(C)C)cc2)cc1. The van der Waals surface area contributed by atoms with Gasteiger partial charge in [0.15, 0.2) is 0 Å². The van der Waals surface area contributed by atoms with Crippen LogP contribution in [0.25, 0.3) is 0 Å². The molecule has 0 aromatic heterocycles. The molecular weight excluding hydrogens is 221 g/mol. The first-order valence-electron chi connectivity index (χ1n) is 5.91. The molecule has 0 radical (unpaired) electrons. The van der Waals surface area contributed by atoms with E-state index in [2.05, 4.69) is 23.0 Å². The third kappa shape index (κ3) is 3.20. The van der Waals surface area contributed by atoms with Gasteiger partial charge in [0, 0.05) is 19.8 Å². The second kappa shape index (κ2) is 5.49. The Morgan fingerprint density at radius 2 is 1.22 bits per heavy atom. The van der Waals surface area contributed by atoms with Crippen LogP contribution in [0, 0.1) is 0 Å². The molecular formula is C14H16BN3. The van der Waals surface area contributed by atoms with Crippen molar-refractivity contribution in [1.82, 2.24) is 0 Å².